The van der Waals surface area contributed by atoms with Crippen LogP contribution < -0.4 is 10.1 Å². The van der Waals surface area contributed by atoms with Crippen LogP contribution in [0.2, 0.25) is 0 Å². The molecule has 0 aliphatic rings. The number of nitrogens with one attached hydrogen (secondary N) is 1. The Morgan fingerprint density at radius 1 is 1.29 bits per heavy atom. The number of aliphatic hydroxyl groups is 1. The zero-order chi connectivity index (χ0) is 17.5. The van der Waals surface area contributed by atoms with Gasteiger partial charge in [0.2, 0.25) is 5.88 Å². The van der Waals surface area contributed by atoms with Crippen LogP contribution in [0.4, 0.5) is 13.2 Å². The van der Waals surface area contributed by atoms with Gasteiger partial charge in [-0.2, -0.15) is 0 Å². The number of hydrogen-bond donors (Lipinski definition) is 2. The molecular formula is C16H15F3N2O3. The van der Waals surface area contributed by atoms with Crippen molar-refractivity contribution in [3.63, 3.8) is 0 Å². The van der Waals surface area contributed by atoms with Crippen molar-refractivity contribution in [2.24, 2.45) is 0 Å². The van der Waals surface area contributed by atoms with E-state index < -0.39 is 30.9 Å². The summed E-state index contributed by atoms with van der Waals surface area (Å²) in [6, 6.07) is 8.24. The Kier molecular flexibility index (Phi) is 6.14. The SMILES string of the molecule is O=C(NCC(O)c1ccccc1F)c1ccnc(OCC(F)F)c1. The monoisotopic (exact) mass is 340 g/mol. The first kappa shape index (κ1) is 17.7. The minimum Gasteiger partial charge on any atom is -0.472 e. The lowest BCUT2D eigenvalue weighted by atomic mass is 10.1. The Labute approximate surface area is 136 Å². The molecule has 0 saturated carbocycles. The third-order valence-corrected chi connectivity index (χ3v) is 3.07. The normalized spacial score (nSPS) is 12.0. The highest BCUT2D eigenvalue weighted by atomic mass is 19.3. The molecule has 2 rings (SSSR count). The fraction of sp³-hybridized carbons (Fsp3) is 0.250. The van der Waals surface area contributed by atoms with E-state index >= 15 is 0 Å². The van der Waals surface area contributed by atoms with Gasteiger partial charge >= 0.3 is 0 Å². The number of carbonyl (C=O) groups excluding carboxylic acids is 1. The molecule has 2 N–H and O–H groups in total. The number of hydrogen-bond acceptors (Lipinski definition) is 4. The van der Waals surface area contributed by atoms with Crippen molar-refractivity contribution in [1.29, 1.82) is 0 Å². The van der Waals surface area contributed by atoms with Crippen LogP contribution in [-0.4, -0.2) is 35.6 Å². The van der Waals surface area contributed by atoms with Crippen molar-refractivity contribution in [1.82, 2.24) is 10.3 Å². The number of rotatable bonds is 7. The van der Waals surface area contributed by atoms with Crippen molar-refractivity contribution >= 4 is 5.91 Å². The molecule has 0 aliphatic carbocycles. The molecule has 5 nitrogen and oxygen atoms in total. The molecular weight excluding hydrogens is 325 g/mol. The van der Waals surface area contributed by atoms with Crippen molar-refractivity contribution in [2.45, 2.75) is 12.5 Å². The first-order chi connectivity index (χ1) is 11.5. The highest BCUT2D eigenvalue weighted by molar-refractivity contribution is 5.94. The molecule has 1 heterocycles. The van der Waals surface area contributed by atoms with Crippen LogP contribution >= 0.6 is 0 Å². The first-order valence-electron chi connectivity index (χ1n) is 7.05. The number of carbonyl (C=O) groups is 1. The van der Waals surface area contributed by atoms with Gasteiger partial charge in [-0.3, -0.25) is 4.79 Å². The second kappa shape index (κ2) is 8.30. The van der Waals surface area contributed by atoms with E-state index in [2.05, 4.69) is 10.3 Å². The van der Waals surface area contributed by atoms with Gasteiger partial charge < -0.3 is 15.2 Å². The number of aromatic nitrogens is 1. The number of halogens is 3. The molecule has 0 fully saturated rings. The van der Waals surface area contributed by atoms with E-state index in [1.165, 1.54) is 36.5 Å². The Balaban J connectivity index is 1.95. The lowest BCUT2D eigenvalue weighted by molar-refractivity contribution is 0.0794. The van der Waals surface area contributed by atoms with Crippen molar-refractivity contribution in [2.75, 3.05) is 13.2 Å². The minimum atomic E-state index is -2.65. The Morgan fingerprint density at radius 3 is 2.75 bits per heavy atom. The molecule has 2 aromatic rings. The fourth-order valence-corrected chi connectivity index (χ4v) is 1.92. The van der Waals surface area contributed by atoms with Crippen molar-refractivity contribution in [3.05, 3.63) is 59.5 Å². The summed E-state index contributed by atoms with van der Waals surface area (Å²) in [5.74, 6) is -1.27. The van der Waals surface area contributed by atoms with Crippen LogP contribution in [0, 0.1) is 5.82 Å². The van der Waals surface area contributed by atoms with E-state index in [9.17, 15) is 23.1 Å². The molecule has 1 amide bonds. The number of benzene rings is 1. The molecule has 0 spiro atoms. The van der Waals surface area contributed by atoms with Gasteiger partial charge in [-0.1, -0.05) is 18.2 Å². The average Bonchev–Trinajstić information content (AvgIpc) is 2.58. The number of alkyl halides is 2. The second-order valence-electron chi connectivity index (χ2n) is 4.83. The third-order valence-electron chi connectivity index (χ3n) is 3.07. The Hall–Kier alpha value is -2.61. The summed E-state index contributed by atoms with van der Waals surface area (Å²) in [5, 5.41) is 12.4. The molecule has 1 aromatic carbocycles. The minimum absolute atomic E-state index is 0.0634. The van der Waals surface area contributed by atoms with E-state index in [0.29, 0.717) is 0 Å². The Morgan fingerprint density at radius 2 is 2.04 bits per heavy atom. The molecule has 0 aliphatic heterocycles. The molecule has 128 valence electrons. The van der Waals surface area contributed by atoms with Gasteiger partial charge in [0.15, 0.2) is 6.61 Å². The molecule has 1 atom stereocenters. The summed E-state index contributed by atoms with van der Waals surface area (Å²) in [5.41, 5.74) is 0.184. The largest absolute Gasteiger partial charge is 0.472 e. The third kappa shape index (κ3) is 4.95. The van der Waals surface area contributed by atoms with Crippen molar-refractivity contribution in [3.8, 4) is 5.88 Å². The maximum absolute atomic E-state index is 13.5. The maximum Gasteiger partial charge on any atom is 0.272 e. The predicted molar refractivity (Wildman–Crippen MR) is 79.4 cm³/mol. The molecule has 8 heteroatoms. The first-order valence-corrected chi connectivity index (χ1v) is 7.05. The van der Waals surface area contributed by atoms with Crippen LogP contribution in [-0.2, 0) is 0 Å². The lowest BCUT2D eigenvalue weighted by Gasteiger charge is -2.13. The van der Waals surface area contributed by atoms with Crippen LogP contribution in [0.5, 0.6) is 5.88 Å². The lowest BCUT2D eigenvalue weighted by Crippen LogP contribution is -2.28. The molecule has 0 bridgehead atoms. The number of amides is 1. The van der Waals surface area contributed by atoms with Crippen LogP contribution in [0.1, 0.15) is 22.0 Å². The van der Waals surface area contributed by atoms with Gasteiger partial charge in [-0.15, -0.1) is 0 Å². The summed E-state index contributed by atoms with van der Waals surface area (Å²) in [6.07, 6.45) is -2.63. The van der Waals surface area contributed by atoms with Gasteiger partial charge in [-0.05, 0) is 12.1 Å². The highest BCUT2D eigenvalue weighted by Crippen LogP contribution is 2.16. The van der Waals surface area contributed by atoms with Gasteiger partial charge in [0.05, 0.1) is 6.10 Å². The van der Waals surface area contributed by atoms with E-state index in [-0.39, 0.29) is 23.6 Å². The molecule has 0 saturated heterocycles. The number of ether oxygens (including phenoxy) is 1. The topological polar surface area (TPSA) is 71.5 Å². The van der Waals surface area contributed by atoms with Crippen LogP contribution in [0.25, 0.3) is 0 Å². The zero-order valence-corrected chi connectivity index (χ0v) is 12.5. The molecule has 1 aromatic heterocycles. The van der Waals surface area contributed by atoms with Crippen LogP contribution in [0.3, 0.4) is 0 Å². The summed E-state index contributed by atoms with van der Waals surface area (Å²) in [4.78, 5) is 15.7. The smallest absolute Gasteiger partial charge is 0.272 e. The number of aliphatic hydroxyl groups excluding tert-OH is 1. The van der Waals surface area contributed by atoms with Crippen LogP contribution in [0.15, 0.2) is 42.6 Å². The Bertz CT molecular complexity index is 698. The summed E-state index contributed by atoms with van der Waals surface area (Å²) < 4.78 is 42.4. The van der Waals surface area contributed by atoms with E-state index in [0.717, 1.165) is 0 Å². The average molecular weight is 340 g/mol. The van der Waals surface area contributed by atoms with Gasteiger partial charge in [0.25, 0.3) is 12.3 Å². The maximum atomic E-state index is 13.5. The molecule has 0 radical (unpaired) electrons. The van der Waals surface area contributed by atoms with E-state index in [1.807, 2.05) is 0 Å². The quantitative estimate of drug-likeness (QED) is 0.811. The standard InChI is InChI=1S/C16H15F3N2O3/c17-12-4-2-1-3-11(12)13(22)8-21-16(23)10-5-6-20-15(7-10)24-9-14(18)19/h1-7,13-14,22H,8-9H2,(H,21,23). The van der Waals surface area contributed by atoms with E-state index in [1.54, 1.807) is 6.07 Å². The summed E-state index contributed by atoms with van der Waals surface area (Å²) in [7, 11) is 0. The zero-order valence-electron chi connectivity index (χ0n) is 12.5. The second-order valence-corrected chi connectivity index (χ2v) is 4.83. The molecule has 24 heavy (non-hydrogen) atoms. The van der Waals surface area contributed by atoms with Gasteiger partial charge in [0.1, 0.15) is 5.82 Å². The molecule has 1 unspecified atom stereocenters. The van der Waals surface area contributed by atoms with Gasteiger partial charge in [0, 0.05) is 29.9 Å². The van der Waals surface area contributed by atoms with Crippen molar-refractivity contribution < 1.29 is 27.8 Å². The number of nitrogens with zero attached hydrogens (tertiary/aromatic N) is 1. The highest BCUT2D eigenvalue weighted by Gasteiger charge is 2.15. The summed E-state index contributed by atoms with van der Waals surface area (Å²) >= 11 is 0. The predicted octanol–water partition coefficient (Wildman–Crippen LogP) is 2.33. The van der Waals surface area contributed by atoms with Gasteiger partial charge in [-0.25, -0.2) is 18.2 Å². The summed E-state index contributed by atoms with van der Waals surface area (Å²) in [6.45, 7) is -1.04. The van der Waals surface area contributed by atoms with E-state index in [4.69, 9.17) is 4.74 Å². The fourth-order valence-electron chi connectivity index (χ4n) is 1.92. The number of pyridine rings is 1.